The van der Waals surface area contributed by atoms with Crippen molar-refractivity contribution in [3.05, 3.63) is 53.5 Å². The van der Waals surface area contributed by atoms with Gasteiger partial charge < -0.3 is 24.6 Å². The molecule has 2 aliphatic rings. The highest BCUT2D eigenvalue weighted by atomic mass is 32.1. The van der Waals surface area contributed by atoms with Crippen LogP contribution in [-0.2, 0) is 0 Å². The Morgan fingerprint density at radius 2 is 1.97 bits per heavy atom. The first kappa shape index (κ1) is 19.8. The number of anilines is 2. The largest absolute Gasteiger partial charge is 0.454 e. The maximum Gasteiger partial charge on any atom is 0.275 e. The van der Waals surface area contributed by atoms with Crippen molar-refractivity contribution in [2.24, 2.45) is 0 Å². The van der Waals surface area contributed by atoms with Gasteiger partial charge in [0.05, 0.1) is 0 Å². The molecule has 8 heteroatoms. The normalized spacial score (nSPS) is 17.4. The second-order valence-electron chi connectivity index (χ2n) is 7.96. The van der Waals surface area contributed by atoms with Gasteiger partial charge in [0.2, 0.25) is 6.79 Å². The molecule has 1 amide bonds. The lowest BCUT2D eigenvalue weighted by atomic mass is 10.2. The third-order valence-corrected chi connectivity index (χ3v) is 6.63. The molecule has 0 radical (unpaired) electrons. The van der Waals surface area contributed by atoms with E-state index in [9.17, 15) is 4.79 Å². The Morgan fingerprint density at radius 1 is 1.16 bits per heavy atom. The Hall–Kier alpha value is -3.10. The lowest BCUT2D eigenvalue weighted by Gasteiger charge is -2.22. The van der Waals surface area contributed by atoms with Gasteiger partial charge in [-0.3, -0.25) is 4.79 Å². The molecule has 1 unspecified atom stereocenters. The van der Waals surface area contributed by atoms with E-state index < -0.39 is 0 Å². The minimum Gasteiger partial charge on any atom is -0.454 e. The quantitative estimate of drug-likeness (QED) is 0.654. The summed E-state index contributed by atoms with van der Waals surface area (Å²) >= 11 is 1.43. The van der Waals surface area contributed by atoms with Gasteiger partial charge in [0.25, 0.3) is 5.91 Å². The third-order valence-electron chi connectivity index (χ3n) is 5.74. The standard InChI is InChI=1S/C23H24N4O3S/c1-26(2)18-9-10-27(12-18)17-6-4-16(5-7-17)24-22(28)19-13-31-23(25-19)15-3-8-20-21(11-15)30-14-29-20/h3-8,11,13,18H,9-10,12,14H2,1-2H3,(H,24,28). The topological polar surface area (TPSA) is 66.9 Å². The summed E-state index contributed by atoms with van der Waals surface area (Å²) in [6.07, 6.45) is 1.17. The Balaban J connectivity index is 1.24. The van der Waals surface area contributed by atoms with Gasteiger partial charge in [0.15, 0.2) is 11.5 Å². The Labute approximate surface area is 185 Å². The van der Waals surface area contributed by atoms with Gasteiger partial charge in [0, 0.05) is 41.4 Å². The average Bonchev–Trinajstić information content (AvgIpc) is 3.54. The molecule has 160 valence electrons. The van der Waals surface area contributed by atoms with E-state index >= 15 is 0 Å². The zero-order valence-electron chi connectivity index (χ0n) is 17.5. The second kappa shape index (κ2) is 8.20. The fourth-order valence-electron chi connectivity index (χ4n) is 3.89. The number of thiazole rings is 1. The van der Waals surface area contributed by atoms with Crippen molar-refractivity contribution in [3.63, 3.8) is 0 Å². The number of aromatic nitrogens is 1. The van der Waals surface area contributed by atoms with E-state index in [0.717, 1.165) is 35.1 Å². The van der Waals surface area contributed by atoms with Gasteiger partial charge in [-0.2, -0.15) is 0 Å². The van der Waals surface area contributed by atoms with Crippen molar-refractivity contribution >= 4 is 28.6 Å². The van der Waals surface area contributed by atoms with Crippen molar-refractivity contribution < 1.29 is 14.3 Å². The summed E-state index contributed by atoms with van der Waals surface area (Å²) in [5, 5.41) is 5.48. The molecule has 7 nitrogen and oxygen atoms in total. The zero-order valence-corrected chi connectivity index (χ0v) is 18.3. The number of nitrogens with zero attached hydrogens (tertiary/aromatic N) is 3. The van der Waals surface area contributed by atoms with Crippen molar-refractivity contribution in [1.82, 2.24) is 9.88 Å². The summed E-state index contributed by atoms with van der Waals surface area (Å²) in [6.45, 7) is 2.31. The minimum absolute atomic E-state index is 0.218. The molecule has 1 N–H and O–H groups in total. The first-order valence-electron chi connectivity index (χ1n) is 10.3. The van der Waals surface area contributed by atoms with Gasteiger partial charge in [-0.05, 0) is 63.0 Å². The predicted molar refractivity (Wildman–Crippen MR) is 122 cm³/mol. The smallest absolute Gasteiger partial charge is 0.275 e. The number of likely N-dealkylation sites (N-methyl/N-ethyl adjacent to an activating group) is 1. The van der Waals surface area contributed by atoms with Gasteiger partial charge >= 0.3 is 0 Å². The molecule has 0 saturated carbocycles. The fraction of sp³-hybridized carbons (Fsp3) is 0.304. The molecule has 3 heterocycles. The highest BCUT2D eigenvalue weighted by molar-refractivity contribution is 7.13. The van der Waals surface area contributed by atoms with Gasteiger partial charge in [-0.15, -0.1) is 11.3 Å². The SMILES string of the molecule is CN(C)C1CCN(c2ccc(NC(=O)c3csc(-c4ccc5c(c4)OCO5)n3)cc2)C1. The van der Waals surface area contributed by atoms with Crippen LogP contribution in [0.15, 0.2) is 47.8 Å². The first-order valence-corrected chi connectivity index (χ1v) is 11.1. The van der Waals surface area contributed by atoms with Crippen LogP contribution in [0.25, 0.3) is 10.6 Å². The maximum absolute atomic E-state index is 12.7. The van der Waals surface area contributed by atoms with E-state index in [4.69, 9.17) is 9.47 Å². The van der Waals surface area contributed by atoms with Gasteiger partial charge in [0.1, 0.15) is 10.7 Å². The Morgan fingerprint density at radius 3 is 2.74 bits per heavy atom. The number of rotatable bonds is 5. The molecule has 1 aromatic heterocycles. The number of hydrogen-bond acceptors (Lipinski definition) is 7. The molecule has 31 heavy (non-hydrogen) atoms. The number of benzene rings is 2. The van der Waals surface area contributed by atoms with Crippen molar-refractivity contribution in [2.45, 2.75) is 12.5 Å². The zero-order chi connectivity index (χ0) is 21.4. The average molecular weight is 437 g/mol. The molecule has 0 aliphatic carbocycles. The molecule has 5 rings (SSSR count). The molecular formula is C23H24N4O3S. The van der Waals surface area contributed by atoms with E-state index in [0.29, 0.717) is 17.5 Å². The number of amides is 1. The maximum atomic E-state index is 12.7. The van der Waals surface area contributed by atoms with Crippen LogP contribution in [-0.4, -0.2) is 55.8 Å². The van der Waals surface area contributed by atoms with Crippen LogP contribution in [0.1, 0.15) is 16.9 Å². The monoisotopic (exact) mass is 436 g/mol. The Kier molecular flexibility index (Phi) is 5.25. The van der Waals surface area contributed by atoms with Gasteiger partial charge in [-0.25, -0.2) is 4.98 Å². The van der Waals surface area contributed by atoms with Crippen molar-refractivity contribution in [1.29, 1.82) is 0 Å². The predicted octanol–water partition coefficient (Wildman–Crippen LogP) is 3.93. The highest BCUT2D eigenvalue weighted by Crippen LogP contribution is 2.36. The van der Waals surface area contributed by atoms with Crippen molar-refractivity contribution in [3.8, 4) is 22.1 Å². The van der Waals surface area contributed by atoms with Crippen LogP contribution in [0, 0.1) is 0 Å². The summed E-state index contributed by atoms with van der Waals surface area (Å²) in [4.78, 5) is 21.8. The van der Waals surface area contributed by atoms with Crippen LogP contribution >= 0.6 is 11.3 Å². The molecule has 1 fully saturated rings. The molecule has 1 atom stereocenters. The van der Waals surface area contributed by atoms with E-state index in [1.54, 1.807) is 5.38 Å². The molecular weight excluding hydrogens is 412 g/mol. The molecule has 2 aromatic carbocycles. The van der Waals surface area contributed by atoms with Crippen LogP contribution in [0.2, 0.25) is 0 Å². The van der Waals surface area contributed by atoms with E-state index in [1.165, 1.54) is 23.4 Å². The van der Waals surface area contributed by atoms with Crippen LogP contribution in [0.3, 0.4) is 0 Å². The fourth-order valence-corrected chi connectivity index (χ4v) is 4.69. The van der Waals surface area contributed by atoms with E-state index in [2.05, 4.69) is 46.3 Å². The van der Waals surface area contributed by atoms with Gasteiger partial charge in [-0.1, -0.05) is 0 Å². The third kappa shape index (κ3) is 4.08. The van der Waals surface area contributed by atoms with E-state index in [1.807, 2.05) is 30.3 Å². The molecule has 1 saturated heterocycles. The second-order valence-corrected chi connectivity index (χ2v) is 8.82. The highest BCUT2D eigenvalue weighted by Gasteiger charge is 2.24. The van der Waals surface area contributed by atoms with Crippen LogP contribution < -0.4 is 19.7 Å². The molecule has 0 bridgehead atoms. The van der Waals surface area contributed by atoms with E-state index in [-0.39, 0.29) is 12.7 Å². The summed E-state index contributed by atoms with van der Waals surface area (Å²) in [7, 11) is 4.26. The minimum atomic E-state index is -0.218. The number of carbonyl (C=O) groups is 1. The van der Waals surface area contributed by atoms with Crippen molar-refractivity contribution in [2.75, 3.05) is 44.2 Å². The molecule has 3 aromatic rings. The molecule has 2 aliphatic heterocycles. The summed E-state index contributed by atoms with van der Waals surface area (Å²) in [6, 6.07) is 14.3. The lowest BCUT2D eigenvalue weighted by Crippen LogP contribution is -2.31. The number of nitrogens with one attached hydrogen (secondary N) is 1. The summed E-state index contributed by atoms with van der Waals surface area (Å²) in [5.74, 6) is 1.21. The number of carbonyl (C=O) groups excluding carboxylic acids is 1. The number of ether oxygens (including phenoxy) is 2. The number of hydrogen-bond donors (Lipinski definition) is 1. The number of fused-ring (bicyclic) bond motifs is 1. The van der Waals surface area contributed by atoms with Crippen LogP contribution in [0.5, 0.6) is 11.5 Å². The molecule has 0 spiro atoms. The first-order chi connectivity index (χ1) is 15.1. The summed E-state index contributed by atoms with van der Waals surface area (Å²) < 4.78 is 10.8. The Bertz CT molecular complexity index is 1100. The lowest BCUT2D eigenvalue weighted by molar-refractivity contribution is 0.102. The van der Waals surface area contributed by atoms with Crippen LogP contribution in [0.4, 0.5) is 11.4 Å². The summed E-state index contributed by atoms with van der Waals surface area (Å²) in [5.41, 5.74) is 3.24.